The van der Waals surface area contributed by atoms with E-state index in [4.69, 9.17) is 5.11 Å². The van der Waals surface area contributed by atoms with Crippen LogP contribution >= 0.6 is 0 Å². The van der Waals surface area contributed by atoms with Gasteiger partial charge in [-0.2, -0.15) is 0 Å². The summed E-state index contributed by atoms with van der Waals surface area (Å²) < 4.78 is 8.95. The van der Waals surface area contributed by atoms with Gasteiger partial charge in [0.1, 0.15) is 5.69 Å². The zero-order chi connectivity index (χ0) is 12.4. The topological polar surface area (TPSA) is 102 Å². The van der Waals surface area contributed by atoms with Crippen LogP contribution in [0.4, 0.5) is 4.79 Å². The number of nitrogens with zero attached hydrogens (tertiary/aromatic N) is 1. The fourth-order valence-electron chi connectivity index (χ4n) is 1.35. The lowest BCUT2D eigenvalue weighted by Gasteiger charge is -1.96. The fraction of sp³-hybridized carbons (Fsp3) is 0.100. The van der Waals surface area contributed by atoms with Crippen molar-refractivity contribution in [3.05, 3.63) is 23.9 Å². The van der Waals surface area contributed by atoms with E-state index >= 15 is 0 Å². The monoisotopic (exact) mass is 236 g/mol. The molecule has 7 nitrogen and oxygen atoms in total. The van der Waals surface area contributed by atoms with E-state index in [1.54, 1.807) is 6.07 Å². The summed E-state index contributed by atoms with van der Waals surface area (Å²) in [5.74, 6) is -0.518. The molecule has 0 aliphatic carbocycles. The zero-order valence-electron chi connectivity index (χ0n) is 8.76. The number of methoxy groups -OCH3 is 1. The summed E-state index contributed by atoms with van der Waals surface area (Å²) in [7, 11) is 1.25. The molecule has 0 spiro atoms. The second-order valence-electron chi connectivity index (χ2n) is 3.12. The van der Waals surface area contributed by atoms with Crippen LogP contribution in [-0.2, 0) is 4.74 Å². The van der Waals surface area contributed by atoms with E-state index in [-0.39, 0.29) is 11.6 Å². The summed E-state index contributed by atoms with van der Waals surface area (Å²) in [6, 6.07) is 4.44. The number of aromatic nitrogens is 2. The standard InChI is InChI=1S/C10H8N2O5/c1-16-9(13)6-3-2-5-7(11-6)4-8(12-5)17-10(14)15/h2-4,12H,1H3,(H,14,15). The Balaban J connectivity index is 2.40. The van der Waals surface area contributed by atoms with E-state index < -0.39 is 12.1 Å². The average molecular weight is 236 g/mol. The van der Waals surface area contributed by atoms with Gasteiger partial charge in [-0.05, 0) is 12.1 Å². The minimum atomic E-state index is -1.43. The Morgan fingerprint density at radius 3 is 2.82 bits per heavy atom. The maximum absolute atomic E-state index is 11.2. The van der Waals surface area contributed by atoms with Crippen molar-refractivity contribution in [2.75, 3.05) is 7.11 Å². The van der Waals surface area contributed by atoms with Gasteiger partial charge < -0.3 is 19.6 Å². The Kier molecular flexibility index (Phi) is 2.65. The number of rotatable bonds is 2. The van der Waals surface area contributed by atoms with Crippen molar-refractivity contribution in [1.29, 1.82) is 0 Å². The minimum absolute atomic E-state index is 0.0435. The maximum atomic E-state index is 11.2. The number of fused-ring (bicyclic) bond motifs is 1. The van der Waals surface area contributed by atoms with Gasteiger partial charge in [0.2, 0.25) is 5.88 Å². The van der Waals surface area contributed by atoms with E-state index in [1.165, 1.54) is 19.2 Å². The van der Waals surface area contributed by atoms with Gasteiger partial charge in [-0.3, -0.25) is 0 Å². The SMILES string of the molecule is COC(=O)c1ccc2[nH]c(OC(=O)O)cc2n1. The molecule has 0 atom stereocenters. The first-order valence-corrected chi connectivity index (χ1v) is 4.59. The van der Waals surface area contributed by atoms with Crippen LogP contribution in [-0.4, -0.2) is 34.3 Å². The summed E-state index contributed by atoms with van der Waals surface area (Å²) in [6.07, 6.45) is -1.43. The van der Waals surface area contributed by atoms with Crippen LogP contribution in [0.1, 0.15) is 10.5 Å². The number of carbonyl (C=O) groups is 2. The number of pyridine rings is 1. The predicted octanol–water partition coefficient (Wildman–Crippen LogP) is 1.41. The molecule has 0 unspecified atom stereocenters. The molecule has 2 aromatic rings. The molecular formula is C10H8N2O5. The molecule has 88 valence electrons. The van der Waals surface area contributed by atoms with Crippen LogP contribution in [0.3, 0.4) is 0 Å². The van der Waals surface area contributed by atoms with Gasteiger partial charge in [-0.1, -0.05) is 0 Å². The van der Waals surface area contributed by atoms with E-state index in [9.17, 15) is 9.59 Å². The highest BCUT2D eigenvalue weighted by molar-refractivity contribution is 5.90. The van der Waals surface area contributed by atoms with Crippen molar-refractivity contribution in [3.8, 4) is 5.88 Å². The number of carbonyl (C=O) groups excluding carboxylic acids is 1. The highest BCUT2D eigenvalue weighted by atomic mass is 16.7. The second-order valence-corrected chi connectivity index (χ2v) is 3.12. The van der Waals surface area contributed by atoms with E-state index in [2.05, 4.69) is 19.4 Å². The van der Waals surface area contributed by atoms with Crippen molar-refractivity contribution < 1.29 is 24.2 Å². The molecule has 0 saturated carbocycles. The quantitative estimate of drug-likeness (QED) is 0.764. The lowest BCUT2D eigenvalue weighted by molar-refractivity contribution is 0.0594. The van der Waals surface area contributed by atoms with Gasteiger partial charge in [0, 0.05) is 6.07 Å². The van der Waals surface area contributed by atoms with Crippen LogP contribution in [0.2, 0.25) is 0 Å². The number of ether oxygens (including phenoxy) is 2. The Bertz CT molecular complexity index is 589. The number of aromatic amines is 1. The van der Waals surface area contributed by atoms with Crippen molar-refractivity contribution in [3.63, 3.8) is 0 Å². The largest absolute Gasteiger partial charge is 0.512 e. The number of H-pyrrole nitrogens is 1. The molecule has 0 aliphatic heterocycles. The lowest BCUT2D eigenvalue weighted by Crippen LogP contribution is -2.03. The highest BCUT2D eigenvalue weighted by Crippen LogP contribution is 2.19. The number of hydrogen-bond acceptors (Lipinski definition) is 5. The molecular weight excluding hydrogens is 228 g/mol. The Morgan fingerprint density at radius 2 is 2.18 bits per heavy atom. The summed E-state index contributed by atoms with van der Waals surface area (Å²) in [5, 5.41) is 8.44. The van der Waals surface area contributed by atoms with Crippen LogP contribution in [0.25, 0.3) is 11.0 Å². The molecule has 0 amide bonds. The summed E-state index contributed by atoms with van der Waals surface area (Å²) in [4.78, 5) is 28.2. The van der Waals surface area contributed by atoms with Gasteiger partial charge in [0.15, 0.2) is 0 Å². The smallest absolute Gasteiger partial charge is 0.464 e. The second kappa shape index (κ2) is 4.12. The normalized spacial score (nSPS) is 10.2. The van der Waals surface area contributed by atoms with Crippen LogP contribution in [0, 0.1) is 0 Å². The summed E-state index contributed by atoms with van der Waals surface area (Å²) in [6.45, 7) is 0. The number of hydrogen-bond donors (Lipinski definition) is 2. The molecule has 0 fully saturated rings. The third kappa shape index (κ3) is 2.17. The predicted molar refractivity (Wildman–Crippen MR) is 56.1 cm³/mol. The Morgan fingerprint density at radius 1 is 1.41 bits per heavy atom. The molecule has 0 radical (unpaired) electrons. The molecule has 2 aromatic heterocycles. The molecule has 0 aromatic carbocycles. The van der Waals surface area contributed by atoms with Gasteiger partial charge >= 0.3 is 12.1 Å². The molecule has 7 heteroatoms. The Hall–Kier alpha value is -2.57. The summed E-state index contributed by atoms with van der Waals surface area (Å²) >= 11 is 0. The third-order valence-corrected chi connectivity index (χ3v) is 2.04. The lowest BCUT2D eigenvalue weighted by atomic mass is 10.3. The number of carboxylic acid groups (broad SMARTS) is 1. The van der Waals surface area contributed by atoms with Crippen molar-refractivity contribution in [2.45, 2.75) is 0 Å². The maximum Gasteiger partial charge on any atom is 0.512 e. The van der Waals surface area contributed by atoms with Crippen molar-refractivity contribution >= 4 is 23.2 Å². The third-order valence-electron chi connectivity index (χ3n) is 2.04. The zero-order valence-corrected chi connectivity index (χ0v) is 8.76. The van der Waals surface area contributed by atoms with Gasteiger partial charge in [-0.25, -0.2) is 14.6 Å². The Labute approximate surface area is 95.0 Å². The van der Waals surface area contributed by atoms with Gasteiger partial charge in [0.05, 0.1) is 18.1 Å². The van der Waals surface area contributed by atoms with Crippen LogP contribution < -0.4 is 4.74 Å². The van der Waals surface area contributed by atoms with Crippen molar-refractivity contribution in [2.24, 2.45) is 0 Å². The highest BCUT2D eigenvalue weighted by Gasteiger charge is 2.11. The minimum Gasteiger partial charge on any atom is -0.464 e. The number of esters is 1. The first-order valence-electron chi connectivity index (χ1n) is 4.59. The summed E-state index contributed by atoms with van der Waals surface area (Å²) in [5.41, 5.74) is 1.12. The fourth-order valence-corrected chi connectivity index (χ4v) is 1.35. The molecule has 0 bridgehead atoms. The molecule has 0 aliphatic rings. The first kappa shape index (κ1) is 10.9. The van der Waals surface area contributed by atoms with Gasteiger partial charge in [0.25, 0.3) is 0 Å². The van der Waals surface area contributed by atoms with Gasteiger partial charge in [-0.15, -0.1) is 0 Å². The number of nitrogens with one attached hydrogen (secondary N) is 1. The molecule has 17 heavy (non-hydrogen) atoms. The molecule has 2 heterocycles. The molecule has 2 rings (SSSR count). The molecule has 2 N–H and O–H groups in total. The van der Waals surface area contributed by atoms with Crippen LogP contribution in [0.15, 0.2) is 18.2 Å². The van der Waals surface area contributed by atoms with Crippen LogP contribution in [0.5, 0.6) is 5.88 Å². The van der Waals surface area contributed by atoms with Crippen molar-refractivity contribution in [1.82, 2.24) is 9.97 Å². The average Bonchev–Trinajstić information content (AvgIpc) is 2.67. The van der Waals surface area contributed by atoms with E-state index in [0.29, 0.717) is 11.0 Å². The molecule has 0 saturated heterocycles. The first-order chi connectivity index (χ1) is 8.10. The van der Waals surface area contributed by atoms with E-state index in [0.717, 1.165) is 0 Å². The van der Waals surface area contributed by atoms with E-state index in [1.807, 2.05) is 0 Å².